The van der Waals surface area contributed by atoms with E-state index in [-0.39, 0.29) is 29.8 Å². The van der Waals surface area contributed by atoms with Gasteiger partial charge in [0, 0.05) is 28.4 Å². The molecule has 5 atom stereocenters. The average molecular weight is 438 g/mol. The van der Waals surface area contributed by atoms with Gasteiger partial charge in [-0.1, -0.05) is 48.9 Å². The van der Waals surface area contributed by atoms with Crippen LogP contribution in [0.5, 0.6) is 0 Å². The first kappa shape index (κ1) is 20.2. The number of hydrogen-bond acceptors (Lipinski definition) is 4. The van der Waals surface area contributed by atoms with Gasteiger partial charge in [-0.05, 0) is 43.5 Å². The lowest BCUT2D eigenvalue weighted by Gasteiger charge is -2.31. The normalized spacial score (nSPS) is 30.0. The Hall–Kier alpha value is -2.70. The third kappa shape index (κ3) is 2.78. The molecule has 5 rings (SSSR count). The van der Waals surface area contributed by atoms with E-state index in [2.05, 4.69) is 10.6 Å². The monoisotopic (exact) mass is 437 g/mol. The molecule has 2 aromatic carbocycles. The third-order valence-electron chi connectivity index (χ3n) is 7.04. The summed E-state index contributed by atoms with van der Waals surface area (Å²) >= 11 is 6.28. The number of hydrogen-bond donors (Lipinski definition) is 2. The first-order valence-electron chi connectivity index (χ1n) is 10.7. The molecule has 0 aromatic heterocycles. The molecule has 7 heteroatoms. The average Bonchev–Trinajstić information content (AvgIpc) is 3.33. The van der Waals surface area contributed by atoms with Crippen molar-refractivity contribution in [3.63, 3.8) is 0 Å². The molecule has 3 heterocycles. The van der Waals surface area contributed by atoms with Gasteiger partial charge in [0.05, 0.1) is 11.8 Å². The van der Waals surface area contributed by atoms with Gasteiger partial charge in [-0.2, -0.15) is 0 Å². The summed E-state index contributed by atoms with van der Waals surface area (Å²) in [6, 6.07) is 14.4. The van der Waals surface area contributed by atoms with Crippen LogP contribution in [0.4, 0.5) is 5.69 Å². The van der Waals surface area contributed by atoms with Crippen molar-refractivity contribution in [1.82, 2.24) is 10.2 Å². The summed E-state index contributed by atoms with van der Waals surface area (Å²) in [6.07, 6.45) is 1.20. The Morgan fingerprint density at radius 2 is 1.84 bits per heavy atom. The third-order valence-corrected chi connectivity index (χ3v) is 7.28. The van der Waals surface area contributed by atoms with Crippen molar-refractivity contribution in [3.8, 4) is 0 Å². The van der Waals surface area contributed by atoms with Gasteiger partial charge in [0.1, 0.15) is 5.54 Å². The van der Waals surface area contributed by atoms with E-state index in [9.17, 15) is 14.4 Å². The maximum Gasteiger partial charge on any atom is 0.250 e. The fourth-order valence-electron chi connectivity index (χ4n) is 5.46. The number of benzene rings is 2. The van der Waals surface area contributed by atoms with Crippen molar-refractivity contribution in [2.45, 2.75) is 44.3 Å². The number of likely N-dealkylation sites (tertiary alicyclic amines) is 1. The first-order chi connectivity index (χ1) is 14.9. The Balaban J connectivity index is 1.66. The molecule has 2 fully saturated rings. The molecule has 2 N–H and O–H groups in total. The van der Waals surface area contributed by atoms with Gasteiger partial charge in [-0.25, -0.2) is 0 Å². The molecule has 3 aliphatic rings. The van der Waals surface area contributed by atoms with Gasteiger partial charge in [-0.15, -0.1) is 0 Å². The summed E-state index contributed by atoms with van der Waals surface area (Å²) in [5.74, 6) is -2.20. The molecule has 160 valence electrons. The molecule has 3 amide bonds. The molecule has 3 aliphatic heterocycles. The highest BCUT2D eigenvalue weighted by Crippen LogP contribution is 2.54. The number of rotatable bonds is 4. The van der Waals surface area contributed by atoms with E-state index >= 15 is 0 Å². The number of fused-ring (bicyclic) bond motifs is 4. The molecule has 2 aromatic rings. The Kier molecular flexibility index (Phi) is 4.68. The molecule has 0 unspecified atom stereocenters. The van der Waals surface area contributed by atoms with Gasteiger partial charge in [0.25, 0.3) is 0 Å². The number of carbonyl (C=O) groups is 3. The summed E-state index contributed by atoms with van der Waals surface area (Å²) in [5, 5.41) is 6.84. The number of amides is 3. The predicted octanol–water partition coefficient (Wildman–Crippen LogP) is 3.10. The number of halogens is 1. The molecule has 0 saturated carbocycles. The number of anilines is 1. The van der Waals surface area contributed by atoms with Crippen molar-refractivity contribution in [1.29, 1.82) is 0 Å². The Morgan fingerprint density at radius 1 is 1.10 bits per heavy atom. The number of nitrogens with zero attached hydrogens (tertiary/aromatic N) is 1. The molecular formula is C24H24ClN3O3. The summed E-state index contributed by atoms with van der Waals surface area (Å²) in [7, 11) is 0. The smallest absolute Gasteiger partial charge is 0.250 e. The van der Waals surface area contributed by atoms with E-state index < -0.39 is 17.4 Å². The van der Waals surface area contributed by atoms with Crippen molar-refractivity contribution in [2.75, 3.05) is 5.32 Å². The van der Waals surface area contributed by atoms with E-state index in [1.54, 1.807) is 18.2 Å². The van der Waals surface area contributed by atoms with Crippen molar-refractivity contribution < 1.29 is 14.4 Å². The van der Waals surface area contributed by atoms with E-state index in [0.717, 1.165) is 5.56 Å². The Bertz CT molecular complexity index is 1090. The van der Waals surface area contributed by atoms with Crippen molar-refractivity contribution in [2.24, 2.45) is 11.8 Å². The maximum absolute atomic E-state index is 13.6. The zero-order valence-corrected chi connectivity index (χ0v) is 18.1. The van der Waals surface area contributed by atoms with Gasteiger partial charge in [0.2, 0.25) is 17.7 Å². The molecule has 6 nitrogen and oxygen atoms in total. The minimum Gasteiger partial charge on any atom is -0.324 e. The fourth-order valence-corrected chi connectivity index (χ4v) is 5.63. The second-order valence-corrected chi connectivity index (χ2v) is 9.14. The van der Waals surface area contributed by atoms with Gasteiger partial charge >= 0.3 is 0 Å². The largest absolute Gasteiger partial charge is 0.324 e. The minimum atomic E-state index is -1.31. The van der Waals surface area contributed by atoms with Crippen LogP contribution in [0.2, 0.25) is 5.02 Å². The fraction of sp³-hybridized carbons (Fsp3) is 0.375. The summed E-state index contributed by atoms with van der Waals surface area (Å²) in [6.45, 7) is 3.83. The SMILES string of the molecule is CC[C@H](C)N1C(=O)[C@@H]2[C@H](Cc3ccccc3)N[C@@]3(C(=O)Nc4ccc(Cl)cc43)[C@@H]2C1=O. The number of nitrogens with one attached hydrogen (secondary N) is 2. The van der Waals surface area contributed by atoms with Crippen LogP contribution in [0.25, 0.3) is 0 Å². The van der Waals surface area contributed by atoms with Crippen LogP contribution >= 0.6 is 11.6 Å². The zero-order chi connectivity index (χ0) is 21.9. The second kappa shape index (κ2) is 7.18. The van der Waals surface area contributed by atoms with Crippen LogP contribution < -0.4 is 10.6 Å². The molecular weight excluding hydrogens is 414 g/mol. The highest BCUT2D eigenvalue weighted by atomic mass is 35.5. The maximum atomic E-state index is 13.6. The van der Waals surface area contributed by atoms with Crippen LogP contribution in [0.1, 0.15) is 31.4 Å². The summed E-state index contributed by atoms with van der Waals surface area (Å²) in [4.78, 5) is 42.0. The Morgan fingerprint density at radius 3 is 2.55 bits per heavy atom. The van der Waals surface area contributed by atoms with Crippen molar-refractivity contribution >= 4 is 35.0 Å². The lowest BCUT2D eigenvalue weighted by molar-refractivity contribution is -0.145. The van der Waals surface area contributed by atoms with E-state index in [1.807, 2.05) is 44.2 Å². The predicted molar refractivity (Wildman–Crippen MR) is 117 cm³/mol. The molecule has 0 aliphatic carbocycles. The van der Waals surface area contributed by atoms with Gasteiger partial charge in [0.15, 0.2) is 0 Å². The second-order valence-electron chi connectivity index (χ2n) is 8.70. The van der Waals surface area contributed by atoms with E-state index in [0.29, 0.717) is 29.1 Å². The first-order valence-corrected chi connectivity index (χ1v) is 11.1. The van der Waals surface area contributed by atoms with Crippen molar-refractivity contribution in [3.05, 3.63) is 64.7 Å². The molecule has 1 spiro atoms. The summed E-state index contributed by atoms with van der Waals surface area (Å²) in [5.41, 5.74) is 1.01. The highest BCUT2D eigenvalue weighted by molar-refractivity contribution is 6.31. The molecule has 31 heavy (non-hydrogen) atoms. The summed E-state index contributed by atoms with van der Waals surface area (Å²) < 4.78 is 0. The van der Waals surface area contributed by atoms with E-state index in [1.165, 1.54) is 4.90 Å². The minimum absolute atomic E-state index is 0.196. The van der Waals surface area contributed by atoms with Gasteiger partial charge in [-0.3, -0.25) is 24.6 Å². The highest BCUT2D eigenvalue weighted by Gasteiger charge is 2.70. The topological polar surface area (TPSA) is 78.5 Å². The quantitative estimate of drug-likeness (QED) is 0.720. The zero-order valence-electron chi connectivity index (χ0n) is 17.4. The number of carbonyl (C=O) groups excluding carboxylic acids is 3. The molecule has 2 saturated heterocycles. The van der Waals surface area contributed by atoms with Crippen LogP contribution in [0.15, 0.2) is 48.5 Å². The van der Waals surface area contributed by atoms with Crippen LogP contribution in [-0.2, 0) is 26.3 Å². The Labute approximate surface area is 185 Å². The van der Waals surface area contributed by atoms with E-state index in [4.69, 9.17) is 11.6 Å². The lowest BCUT2D eigenvalue weighted by Crippen LogP contribution is -2.54. The van der Waals surface area contributed by atoms with Crippen LogP contribution in [-0.4, -0.2) is 34.7 Å². The number of imide groups is 1. The standard InChI is InChI=1S/C24H24ClN3O3/c1-3-13(2)28-21(29)19-18(11-14-7-5-4-6-8-14)27-24(20(19)22(28)30)16-12-15(25)9-10-17(16)26-23(24)31/h4-10,12-13,18-20,27H,3,11H2,1-2H3,(H,26,31)/t13-,18-,19+,20-,24+/m0/s1. The van der Waals surface area contributed by atoms with Gasteiger partial charge < -0.3 is 5.32 Å². The lowest BCUT2D eigenvalue weighted by atomic mass is 9.76. The molecule has 0 radical (unpaired) electrons. The van der Waals surface area contributed by atoms with Crippen LogP contribution in [0, 0.1) is 11.8 Å². The molecule has 0 bridgehead atoms. The van der Waals surface area contributed by atoms with Crippen LogP contribution in [0.3, 0.4) is 0 Å².